The first-order chi connectivity index (χ1) is 18.9. The van der Waals surface area contributed by atoms with Crippen molar-refractivity contribution in [2.24, 2.45) is 0 Å². The van der Waals surface area contributed by atoms with E-state index in [1.165, 1.54) is 5.56 Å². The molecule has 1 aliphatic rings. The van der Waals surface area contributed by atoms with Crippen LogP contribution in [0.3, 0.4) is 0 Å². The van der Waals surface area contributed by atoms with Crippen molar-refractivity contribution in [2.75, 3.05) is 20.2 Å². The van der Waals surface area contributed by atoms with E-state index in [2.05, 4.69) is 17.1 Å². The number of piperazine rings is 1. The van der Waals surface area contributed by atoms with E-state index in [9.17, 15) is 9.59 Å². The van der Waals surface area contributed by atoms with E-state index in [4.69, 9.17) is 9.47 Å². The predicted molar refractivity (Wildman–Crippen MR) is 152 cm³/mol. The molecule has 1 fully saturated rings. The molecule has 0 aliphatic carbocycles. The van der Waals surface area contributed by atoms with E-state index < -0.39 is 0 Å². The molecule has 0 unspecified atom stereocenters. The Hall–Kier alpha value is -4.26. The van der Waals surface area contributed by atoms with Gasteiger partial charge in [0.15, 0.2) is 0 Å². The zero-order valence-corrected chi connectivity index (χ0v) is 22.7. The summed E-state index contributed by atoms with van der Waals surface area (Å²) >= 11 is 0. The monoisotopic (exact) mass is 525 g/mol. The van der Waals surface area contributed by atoms with Gasteiger partial charge in [0.2, 0.25) is 5.91 Å². The predicted octanol–water partition coefficient (Wildman–Crippen LogP) is 5.45. The molecule has 0 radical (unpaired) electrons. The molecule has 0 spiro atoms. The molecule has 2 amide bonds. The standard InChI is InChI=1S/C32H35N3O4/c1-22(2)39-26-12-7-11-24(17-26)19-35-25(16-15-23-9-5-4-6-10-23)20-34(21-31(35)36)32(37)29-18-27-28(33-29)13-8-14-30(27)38-3/h4-14,17-18,22,25,33H,15-16,19-21H2,1-3H3/t25-/m0/s1. The first kappa shape index (κ1) is 26.4. The van der Waals surface area contributed by atoms with Gasteiger partial charge in [-0.2, -0.15) is 0 Å². The summed E-state index contributed by atoms with van der Waals surface area (Å²) < 4.78 is 11.3. The van der Waals surface area contributed by atoms with Gasteiger partial charge in [0.1, 0.15) is 23.7 Å². The Morgan fingerprint density at radius 3 is 2.54 bits per heavy atom. The minimum absolute atomic E-state index is 0.0371. The summed E-state index contributed by atoms with van der Waals surface area (Å²) in [5, 5.41) is 0.845. The van der Waals surface area contributed by atoms with Crippen LogP contribution in [0.4, 0.5) is 0 Å². The van der Waals surface area contributed by atoms with Gasteiger partial charge >= 0.3 is 0 Å². The molecule has 1 aliphatic heterocycles. The molecular formula is C32H35N3O4. The Morgan fingerprint density at radius 2 is 1.77 bits per heavy atom. The average Bonchev–Trinajstić information content (AvgIpc) is 3.38. The number of amides is 2. The second-order valence-corrected chi connectivity index (χ2v) is 10.3. The Bertz CT molecular complexity index is 1450. The topological polar surface area (TPSA) is 74.9 Å². The highest BCUT2D eigenvalue weighted by Gasteiger charge is 2.35. The number of ether oxygens (including phenoxy) is 2. The maximum absolute atomic E-state index is 13.6. The van der Waals surface area contributed by atoms with Gasteiger partial charge in [0.25, 0.3) is 5.91 Å². The zero-order chi connectivity index (χ0) is 27.4. The maximum atomic E-state index is 13.6. The van der Waals surface area contributed by atoms with Gasteiger partial charge < -0.3 is 24.3 Å². The van der Waals surface area contributed by atoms with Crippen molar-refractivity contribution in [3.05, 3.63) is 95.7 Å². The van der Waals surface area contributed by atoms with Gasteiger partial charge in [-0.25, -0.2) is 0 Å². The van der Waals surface area contributed by atoms with E-state index in [1.807, 2.05) is 85.5 Å². The largest absolute Gasteiger partial charge is 0.496 e. The van der Waals surface area contributed by atoms with Crippen LogP contribution < -0.4 is 9.47 Å². The fourth-order valence-electron chi connectivity index (χ4n) is 5.25. The number of aromatic amines is 1. The normalized spacial score (nSPS) is 15.7. The minimum atomic E-state index is -0.182. The molecule has 7 heteroatoms. The molecule has 202 valence electrons. The molecule has 7 nitrogen and oxygen atoms in total. The number of H-pyrrole nitrogens is 1. The maximum Gasteiger partial charge on any atom is 0.270 e. The molecule has 4 aromatic rings. The lowest BCUT2D eigenvalue weighted by molar-refractivity contribution is -0.139. The summed E-state index contributed by atoms with van der Waals surface area (Å²) in [5.74, 6) is 1.25. The molecular weight excluding hydrogens is 490 g/mol. The van der Waals surface area contributed by atoms with Gasteiger partial charge in [-0.1, -0.05) is 48.5 Å². The van der Waals surface area contributed by atoms with Crippen LogP contribution in [0, 0.1) is 0 Å². The van der Waals surface area contributed by atoms with Crippen molar-refractivity contribution in [1.82, 2.24) is 14.8 Å². The lowest BCUT2D eigenvalue weighted by Crippen LogP contribution is -2.57. The first-order valence-electron chi connectivity index (χ1n) is 13.4. The Kier molecular flexibility index (Phi) is 7.87. The summed E-state index contributed by atoms with van der Waals surface area (Å²) in [6.45, 7) is 4.96. The molecule has 3 aromatic carbocycles. The minimum Gasteiger partial charge on any atom is -0.496 e. The van der Waals surface area contributed by atoms with Crippen LogP contribution in [0.15, 0.2) is 78.9 Å². The highest BCUT2D eigenvalue weighted by Crippen LogP contribution is 2.28. The number of fused-ring (bicyclic) bond motifs is 1. The first-order valence-corrected chi connectivity index (χ1v) is 13.4. The van der Waals surface area contributed by atoms with Crippen LogP contribution in [-0.2, 0) is 17.8 Å². The third kappa shape index (κ3) is 6.08. The summed E-state index contributed by atoms with van der Waals surface area (Å²) in [4.78, 5) is 34.0. The summed E-state index contributed by atoms with van der Waals surface area (Å²) in [6, 6.07) is 25.5. The van der Waals surface area contributed by atoms with Crippen LogP contribution >= 0.6 is 0 Å². The molecule has 39 heavy (non-hydrogen) atoms. The van der Waals surface area contributed by atoms with Crippen molar-refractivity contribution in [1.29, 1.82) is 0 Å². The third-order valence-corrected chi connectivity index (χ3v) is 7.11. The molecule has 5 rings (SSSR count). The number of nitrogens with zero attached hydrogens (tertiary/aromatic N) is 2. The van der Waals surface area contributed by atoms with E-state index in [0.717, 1.165) is 35.1 Å². The van der Waals surface area contributed by atoms with E-state index >= 15 is 0 Å². The molecule has 1 N–H and O–H groups in total. The Balaban J connectivity index is 1.38. The summed E-state index contributed by atoms with van der Waals surface area (Å²) in [5.41, 5.74) is 3.50. The van der Waals surface area contributed by atoms with Crippen LogP contribution in [0.5, 0.6) is 11.5 Å². The van der Waals surface area contributed by atoms with Gasteiger partial charge in [0, 0.05) is 24.0 Å². The fraction of sp³-hybridized carbons (Fsp3) is 0.312. The number of hydrogen-bond donors (Lipinski definition) is 1. The van der Waals surface area contributed by atoms with E-state index in [-0.39, 0.29) is 30.5 Å². The molecule has 2 heterocycles. The summed E-state index contributed by atoms with van der Waals surface area (Å²) in [7, 11) is 1.61. The lowest BCUT2D eigenvalue weighted by atomic mass is 10.0. The van der Waals surface area contributed by atoms with Crippen LogP contribution in [-0.4, -0.2) is 58.9 Å². The second kappa shape index (κ2) is 11.6. The molecule has 0 saturated carbocycles. The van der Waals surface area contributed by atoms with Crippen molar-refractivity contribution >= 4 is 22.7 Å². The SMILES string of the molecule is COc1cccc2[nH]c(C(=O)N3CC(=O)N(Cc4cccc(OC(C)C)c4)[C@@H](CCc4ccccc4)C3)cc12. The number of rotatable bonds is 9. The lowest BCUT2D eigenvalue weighted by Gasteiger charge is -2.41. The zero-order valence-electron chi connectivity index (χ0n) is 22.7. The summed E-state index contributed by atoms with van der Waals surface area (Å²) in [6.07, 6.45) is 1.64. The van der Waals surface area contributed by atoms with Crippen LogP contribution in [0.25, 0.3) is 10.9 Å². The fourth-order valence-corrected chi connectivity index (χ4v) is 5.25. The number of nitrogens with one attached hydrogen (secondary N) is 1. The number of carbonyl (C=O) groups is 2. The van der Waals surface area contributed by atoms with Crippen molar-refractivity contribution < 1.29 is 19.1 Å². The molecule has 1 atom stereocenters. The average molecular weight is 526 g/mol. The van der Waals surface area contributed by atoms with Gasteiger partial charge in [-0.05, 0) is 68.1 Å². The molecule has 1 saturated heterocycles. The number of hydrogen-bond acceptors (Lipinski definition) is 4. The van der Waals surface area contributed by atoms with Gasteiger partial charge in [0.05, 0.1) is 19.3 Å². The van der Waals surface area contributed by atoms with Crippen molar-refractivity contribution in [3.8, 4) is 11.5 Å². The van der Waals surface area contributed by atoms with Crippen LogP contribution in [0.2, 0.25) is 0 Å². The number of carbonyl (C=O) groups excluding carboxylic acids is 2. The van der Waals surface area contributed by atoms with Gasteiger partial charge in [-0.3, -0.25) is 9.59 Å². The Labute approximate surface area is 229 Å². The van der Waals surface area contributed by atoms with E-state index in [1.54, 1.807) is 12.0 Å². The number of methoxy groups -OCH3 is 1. The van der Waals surface area contributed by atoms with Crippen molar-refractivity contribution in [2.45, 2.75) is 45.4 Å². The number of aryl methyl sites for hydroxylation is 1. The smallest absolute Gasteiger partial charge is 0.270 e. The third-order valence-electron chi connectivity index (χ3n) is 7.11. The molecule has 0 bridgehead atoms. The van der Waals surface area contributed by atoms with Gasteiger partial charge in [-0.15, -0.1) is 0 Å². The second-order valence-electron chi connectivity index (χ2n) is 10.3. The quantitative estimate of drug-likeness (QED) is 0.315. The number of aromatic nitrogens is 1. The number of benzene rings is 3. The Morgan fingerprint density at radius 1 is 1.00 bits per heavy atom. The highest BCUT2D eigenvalue weighted by atomic mass is 16.5. The molecule has 1 aromatic heterocycles. The van der Waals surface area contributed by atoms with Crippen molar-refractivity contribution in [3.63, 3.8) is 0 Å². The highest BCUT2D eigenvalue weighted by molar-refractivity contribution is 6.01. The van der Waals surface area contributed by atoms with Crippen LogP contribution in [0.1, 0.15) is 41.9 Å². The van der Waals surface area contributed by atoms with E-state index in [0.29, 0.717) is 24.5 Å².